The first-order valence-electron chi connectivity index (χ1n) is 9.02. The van der Waals surface area contributed by atoms with Crippen LogP contribution in [0, 0.1) is 5.92 Å². The summed E-state index contributed by atoms with van der Waals surface area (Å²) in [6.45, 7) is 4.68. The molecule has 27 heavy (non-hydrogen) atoms. The minimum Gasteiger partial charge on any atom is -0.340 e. The van der Waals surface area contributed by atoms with Gasteiger partial charge in [0.05, 0.1) is 10.6 Å². The second-order valence-electron chi connectivity index (χ2n) is 7.15. The number of carbonyl (C=O) groups excluding carboxylic acids is 2. The number of para-hydroxylation sites is 1. The highest BCUT2D eigenvalue weighted by atomic mass is 35.5. The first-order chi connectivity index (χ1) is 12.9. The fraction of sp³-hybridized carbons (Fsp3) is 0.333. The Balaban J connectivity index is 1.82. The lowest BCUT2D eigenvalue weighted by Crippen LogP contribution is -2.49. The summed E-state index contributed by atoms with van der Waals surface area (Å²) in [4.78, 5) is 27.7. The number of nitrogens with one attached hydrogen (secondary N) is 1. The van der Waals surface area contributed by atoms with Gasteiger partial charge in [0.25, 0.3) is 5.91 Å². The molecule has 1 aliphatic heterocycles. The molecule has 1 atom stereocenters. The van der Waals surface area contributed by atoms with E-state index in [0.29, 0.717) is 23.6 Å². The predicted molar refractivity (Wildman–Crippen MR) is 110 cm³/mol. The van der Waals surface area contributed by atoms with E-state index in [1.54, 1.807) is 17.0 Å². The van der Waals surface area contributed by atoms with Gasteiger partial charge in [0.1, 0.15) is 6.04 Å². The SMILES string of the molecule is CC(C)C[C@H](NC(=O)c1ccc(Cl)cc1Cl)C(=O)N1CCc2ccccc21. The summed E-state index contributed by atoms with van der Waals surface area (Å²) in [5.74, 6) is -0.215. The fourth-order valence-corrected chi connectivity index (χ4v) is 3.85. The van der Waals surface area contributed by atoms with Gasteiger partial charge in [-0.05, 0) is 48.6 Å². The number of hydrogen-bond acceptors (Lipinski definition) is 2. The molecule has 0 saturated carbocycles. The molecule has 1 N–H and O–H groups in total. The Morgan fingerprint density at radius 3 is 2.59 bits per heavy atom. The average molecular weight is 405 g/mol. The Hall–Kier alpha value is -2.04. The molecule has 4 nitrogen and oxygen atoms in total. The standard InChI is InChI=1S/C21H22Cl2N2O2/c1-13(2)11-18(24-20(26)16-8-7-15(22)12-17(16)23)21(27)25-10-9-14-5-3-4-6-19(14)25/h3-8,12-13,18H,9-11H2,1-2H3,(H,24,26)/t18-/m0/s1. The molecular formula is C21H22Cl2N2O2. The average Bonchev–Trinajstić information content (AvgIpc) is 3.04. The zero-order valence-electron chi connectivity index (χ0n) is 15.3. The highest BCUT2D eigenvalue weighted by Crippen LogP contribution is 2.29. The van der Waals surface area contributed by atoms with E-state index in [9.17, 15) is 9.59 Å². The zero-order valence-corrected chi connectivity index (χ0v) is 16.8. The molecule has 0 aromatic heterocycles. The van der Waals surface area contributed by atoms with Crippen LogP contribution < -0.4 is 10.2 Å². The number of carbonyl (C=O) groups is 2. The molecule has 0 bridgehead atoms. The molecule has 0 spiro atoms. The molecule has 1 aliphatic rings. The molecular weight excluding hydrogens is 383 g/mol. The van der Waals surface area contributed by atoms with Gasteiger partial charge in [0, 0.05) is 17.3 Å². The Labute approximate surface area is 169 Å². The molecule has 0 fully saturated rings. The van der Waals surface area contributed by atoms with Crippen molar-refractivity contribution in [1.29, 1.82) is 0 Å². The smallest absolute Gasteiger partial charge is 0.253 e. The molecule has 0 saturated heterocycles. The van der Waals surface area contributed by atoms with Gasteiger partial charge in [-0.15, -0.1) is 0 Å². The normalized spacial score (nSPS) is 14.2. The van der Waals surface area contributed by atoms with Crippen LogP contribution in [-0.2, 0) is 11.2 Å². The maximum Gasteiger partial charge on any atom is 0.253 e. The van der Waals surface area contributed by atoms with E-state index in [0.717, 1.165) is 17.7 Å². The largest absolute Gasteiger partial charge is 0.340 e. The second kappa shape index (κ2) is 8.32. The Kier molecular flexibility index (Phi) is 6.08. The quantitative estimate of drug-likeness (QED) is 0.782. The van der Waals surface area contributed by atoms with Gasteiger partial charge in [-0.2, -0.15) is 0 Å². The van der Waals surface area contributed by atoms with Crippen molar-refractivity contribution in [2.75, 3.05) is 11.4 Å². The number of nitrogens with zero attached hydrogens (tertiary/aromatic N) is 1. The summed E-state index contributed by atoms with van der Waals surface area (Å²) in [6.07, 6.45) is 1.38. The molecule has 0 unspecified atom stereocenters. The minimum atomic E-state index is -0.615. The van der Waals surface area contributed by atoms with E-state index in [4.69, 9.17) is 23.2 Å². The van der Waals surface area contributed by atoms with Crippen molar-refractivity contribution in [1.82, 2.24) is 5.32 Å². The van der Waals surface area contributed by atoms with E-state index in [-0.39, 0.29) is 22.8 Å². The van der Waals surface area contributed by atoms with Gasteiger partial charge in [0.2, 0.25) is 5.91 Å². The van der Waals surface area contributed by atoms with Crippen LogP contribution in [0.2, 0.25) is 10.0 Å². The fourth-order valence-electron chi connectivity index (χ4n) is 3.36. The van der Waals surface area contributed by atoms with Crippen molar-refractivity contribution in [3.05, 3.63) is 63.6 Å². The van der Waals surface area contributed by atoms with Crippen molar-refractivity contribution in [3.63, 3.8) is 0 Å². The van der Waals surface area contributed by atoms with Crippen molar-refractivity contribution in [2.45, 2.75) is 32.7 Å². The molecule has 142 valence electrons. The number of anilines is 1. The molecule has 2 amide bonds. The third kappa shape index (κ3) is 4.45. The lowest BCUT2D eigenvalue weighted by atomic mass is 10.0. The van der Waals surface area contributed by atoms with E-state index in [2.05, 4.69) is 5.32 Å². The van der Waals surface area contributed by atoms with Crippen LogP contribution in [0.15, 0.2) is 42.5 Å². The third-order valence-electron chi connectivity index (χ3n) is 4.64. The Morgan fingerprint density at radius 2 is 1.89 bits per heavy atom. The van der Waals surface area contributed by atoms with Crippen LogP contribution in [0.5, 0.6) is 0 Å². The summed E-state index contributed by atoms with van der Waals surface area (Å²) in [5.41, 5.74) is 2.39. The predicted octanol–water partition coefficient (Wildman–Crippen LogP) is 4.73. The van der Waals surface area contributed by atoms with Gasteiger partial charge in [-0.1, -0.05) is 55.2 Å². The Bertz CT molecular complexity index is 867. The van der Waals surface area contributed by atoms with Gasteiger partial charge < -0.3 is 10.2 Å². The van der Waals surface area contributed by atoms with Crippen LogP contribution in [0.3, 0.4) is 0 Å². The first kappa shape index (κ1) is 19.7. The molecule has 2 aromatic carbocycles. The van der Waals surface area contributed by atoms with Crippen LogP contribution in [-0.4, -0.2) is 24.4 Å². The third-order valence-corrected chi connectivity index (χ3v) is 5.19. The zero-order chi connectivity index (χ0) is 19.6. The lowest BCUT2D eigenvalue weighted by Gasteiger charge is -2.26. The number of halogens is 2. The molecule has 1 heterocycles. The van der Waals surface area contributed by atoms with Crippen molar-refractivity contribution in [3.8, 4) is 0 Å². The summed E-state index contributed by atoms with van der Waals surface area (Å²) in [7, 11) is 0. The van der Waals surface area contributed by atoms with Crippen molar-refractivity contribution in [2.24, 2.45) is 5.92 Å². The molecule has 0 radical (unpaired) electrons. The second-order valence-corrected chi connectivity index (χ2v) is 7.99. The Morgan fingerprint density at radius 1 is 1.15 bits per heavy atom. The van der Waals surface area contributed by atoms with E-state index in [1.165, 1.54) is 6.07 Å². The molecule has 6 heteroatoms. The number of hydrogen-bond donors (Lipinski definition) is 1. The van der Waals surface area contributed by atoms with Gasteiger partial charge in [-0.3, -0.25) is 9.59 Å². The number of fused-ring (bicyclic) bond motifs is 1. The van der Waals surface area contributed by atoms with Gasteiger partial charge >= 0.3 is 0 Å². The summed E-state index contributed by atoms with van der Waals surface area (Å²) in [6, 6.07) is 12.0. The topological polar surface area (TPSA) is 49.4 Å². The van der Waals surface area contributed by atoms with Gasteiger partial charge in [0.15, 0.2) is 0 Å². The summed E-state index contributed by atoms with van der Waals surface area (Å²) in [5, 5.41) is 3.60. The number of benzene rings is 2. The molecule has 2 aromatic rings. The van der Waals surface area contributed by atoms with Gasteiger partial charge in [-0.25, -0.2) is 0 Å². The number of rotatable bonds is 5. The molecule has 0 aliphatic carbocycles. The molecule has 3 rings (SSSR count). The highest BCUT2D eigenvalue weighted by molar-refractivity contribution is 6.36. The van der Waals surface area contributed by atoms with E-state index >= 15 is 0 Å². The summed E-state index contributed by atoms with van der Waals surface area (Å²) < 4.78 is 0. The minimum absolute atomic E-state index is 0.0907. The van der Waals surface area contributed by atoms with E-state index in [1.807, 2.05) is 38.1 Å². The maximum absolute atomic E-state index is 13.2. The number of amides is 2. The van der Waals surface area contributed by atoms with Crippen LogP contribution in [0.4, 0.5) is 5.69 Å². The van der Waals surface area contributed by atoms with Crippen LogP contribution in [0.25, 0.3) is 0 Å². The first-order valence-corrected chi connectivity index (χ1v) is 9.77. The van der Waals surface area contributed by atoms with Crippen LogP contribution >= 0.6 is 23.2 Å². The van der Waals surface area contributed by atoms with Crippen LogP contribution in [0.1, 0.15) is 36.2 Å². The highest BCUT2D eigenvalue weighted by Gasteiger charge is 2.31. The van der Waals surface area contributed by atoms with Crippen molar-refractivity contribution < 1.29 is 9.59 Å². The van der Waals surface area contributed by atoms with Crippen molar-refractivity contribution >= 4 is 40.7 Å². The lowest BCUT2D eigenvalue weighted by molar-refractivity contribution is -0.120. The van der Waals surface area contributed by atoms with E-state index < -0.39 is 6.04 Å². The maximum atomic E-state index is 13.2. The summed E-state index contributed by atoms with van der Waals surface area (Å²) >= 11 is 12.1. The monoisotopic (exact) mass is 404 g/mol.